The predicted molar refractivity (Wildman–Crippen MR) is 86.2 cm³/mol. The van der Waals surface area contributed by atoms with Crippen molar-refractivity contribution >= 4 is 11.9 Å². The standard InChI is InChI=1S/C18H18FNO4/c1-12(13-6-4-3-5-7-13)20-17(21)11-24-18(22)15-9-8-14(23-2)10-16(15)19/h3-10,12H,11H2,1-2H3,(H,20,21)/t12-/m0/s1. The molecule has 5 nitrogen and oxygen atoms in total. The van der Waals surface area contributed by atoms with Crippen LogP contribution in [0.3, 0.4) is 0 Å². The third kappa shape index (κ3) is 4.55. The molecule has 1 N–H and O–H groups in total. The first-order valence-corrected chi connectivity index (χ1v) is 7.36. The van der Waals surface area contributed by atoms with Crippen molar-refractivity contribution in [2.45, 2.75) is 13.0 Å². The van der Waals surface area contributed by atoms with E-state index in [4.69, 9.17) is 9.47 Å². The van der Waals surface area contributed by atoms with Crippen LogP contribution >= 0.6 is 0 Å². The van der Waals surface area contributed by atoms with Gasteiger partial charge in [0, 0.05) is 6.07 Å². The summed E-state index contributed by atoms with van der Waals surface area (Å²) in [6.45, 7) is 1.33. The van der Waals surface area contributed by atoms with Gasteiger partial charge in [0.2, 0.25) is 0 Å². The van der Waals surface area contributed by atoms with E-state index >= 15 is 0 Å². The van der Waals surface area contributed by atoms with Crippen molar-refractivity contribution in [1.29, 1.82) is 0 Å². The van der Waals surface area contributed by atoms with Crippen LogP contribution < -0.4 is 10.1 Å². The van der Waals surface area contributed by atoms with Gasteiger partial charge in [0.1, 0.15) is 11.6 Å². The Morgan fingerprint density at radius 3 is 2.50 bits per heavy atom. The van der Waals surface area contributed by atoms with Crippen molar-refractivity contribution in [3.8, 4) is 5.75 Å². The van der Waals surface area contributed by atoms with Crippen LogP contribution in [0.2, 0.25) is 0 Å². The minimum absolute atomic E-state index is 0.227. The van der Waals surface area contributed by atoms with Crippen LogP contribution in [0.5, 0.6) is 5.75 Å². The van der Waals surface area contributed by atoms with E-state index < -0.39 is 24.3 Å². The van der Waals surface area contributed by atoms with Crippen molar-refractivity contribution in [2.75, 3.05) is 13.7 Å². The quantitative estimate of drug-likeness (QED) is 0.827. The molecule has 2 aromatic rings. The first-order valence-electron chi connectivity index (χ1n) is 7.36. The van der Waals surface area contributed by atoms with Gasteiger partial charge in [-0.1, -0.05) is 30.3 Å². The lowest BCUT2D eigenvalue weighted by molar-refractivity contribution is -0.124. The van der Waals surface area contributed by atoms with Gasteiger partial charge in [-0.2, -0.15) is 0 Å². The molecule has 126 valence electrons. The molecule has 2 aromatic carbocycles. The van der Waals surface area contributed by atoms with Crippen LogP contribution in [0.15, 0.2) is 48.5 Å². The Bertz CT molecular complexity index is 718. The van der Waals surface area contributed by atoms with E-state index in [1.807, 2.05) is 37.3 Å². The first-order chi connectivity index (χ1) is 11.5. The van der Waals surface area contributed by atoms with Crippen molar-refractivity contribution in [2.24, 2.45) is 0 Å². The van der Waals surface area contributed by atoms with E-state index in [0.29, 0.717) is 5.75 Å². The fourth-order valence-corrected chi connectivity index (χ4v) is 2.11. The highest BCUT2D eigenvalue weighted by Crippen LogP contribution is 2.17. The number of benzene rings is 2. The molecule has 0 spiro atoms. The number of hydrogen-bond acceptors (Lipinski definition) is 4. The van der Waals surface area contributed by atoms with Gasteiger partial charge in [0.15, 0.2) is 6.61 Å². The van der Waals surface area contributed by atoms with Crippen molar-refractivity contribution in [3.63, 3.8) is 0 Å². The lowest BCUT2D eigenvalue weighted by Crippen LogP contribution is -2.31. The number of ether oxygens (including phenoxy) is 2. The third-order valence-electron chi connectivity index (χ3n) is 3.41. The largest absolute Gasteiger partial charge is 0.497 e. The topological polar surface area (TPSA) is 64.6 Å². The van der Waals surface area contributed by atoms with Gasteiger partial charge in [0.25, 0.3) is 5.91 Å². The smallest absolute Gasteiger partial charge is 0.341 e. The molecule has 0 radical (unpaired) electrons. The van der Waals surface area contributed by atoms with Crippen molar-refractivity contribution < 1.29 is 23.5 Å². The normalized spacial score (nSPS) is 11.5. The fraction of sp³-hybridized carbons (Fsp3) is 0.222. The summed E-state index contributed by atoms with van der Waals surface area (Å²) in [5.41, 5.74) is 0.679. The summed E-state index contributed by atoms with van der Waals surface area (Å²) in [4.78, 5) is 23.7. The molecule has 2 rings (SSSR count). The van der Waals surface area contributed by atoms with Crippen molar-refractivity contribution in [3.05, 3.63) is 65.5 Å². The number of amides is 1. The van der Waals surface area contributed by atoms with Gasteiger partial charge in [-0.05, 0) is 24.6 Å². The van der Waals surface area contributed by atoms with E-state index in [9.17, 15) is 14.0 Å². The van der Waals surface area contributed by atoms with Crippen LogP contribution in [0.4, 0.5) is 4.39 Å². The molecule has 0 fully saturated rings. The summed E-state index contributed by atoms with van der Waals surface area (Å²) in [6.07, 6.45) is 0. The monoisotopic (exact) mass is 331 g/mol. The molecular weight excluding hydrogens is 313 g/mol. The van der Waals surface area contributed by atoms with Gasteiger partial charge in [-0.3, -0.25) is 4.79 Å². The Labute approximate surface area is 139 Å². The summed E-state index contributed by atoms with van der Waals surface area (Å²) in [6, 6.07) is 12.9. The highest BCUT2D eigenvalue weighted by Gasteiger charge is 2.16. The minimum atomic E-state index is -0.905. The maximum atomic E-state index is 13.8. The molecule has 0 saturated carbocycles. The Morgan fingerprint density at radius 1 is 1.17 bits per heavy atom. The SMILES string of the molecule is COc1ccc(C(=O)OCC(=O)N[C@@H](C)c2ccccc2)c(F)c1. The Kier molecular flexibility index (Phi) is 5.89. The van der Waals surface area contributed by atoms with Crippen LogP contribution in [-0.4, -0.2) is 25.6 Å². The second kappa shape index (κ2) is 8.10. The number of carbonyl (C=O) groups excluding carboxylic acids is 2. The molecule has 24 heavy (non-hydrogen) atoms. The molecule has 0 aromatic heterocycles. The molecule has 0 saturated heterocycles. The summed E-state index contributed by atoms with van der Waals surface area (Å²) in [5.74, 6) is -1.85. The van der Waals surface area contributed by atoms with E-state index in [-0.39, 0.29) is 11.6 Å². The number of esters is 1. The Hall–Kier alpha value is -2.89. The number of nitrogens with one attached hydrogen (secondary N) is 1. The zero-order chi connectivity index (χ0) is 17.5. The van der Waals surface area contributed by atoms with E-state index in [1.54, 1.807) is 0 Å². The van der Waals surface area contributed by atoms with E-state index in [1.165, 1.54) is 19.2 Å². The molecular formula is C18H18FNO4. The van der Waals surface area contributed by atoms with Crippen LogP contribution in [-0.2, 0) is 9.53 Å². The number of rotatable bonds is 6. The maximum Gasteiger partial charge on any atom is 0.341 e. The van der Waals surface area contributed by atoms with Gasteiger partial charge >= 0.3 is 5.97 Å². The second-order valence-electron chi connectivity index (χ2n) is 5.12. The van der Waals surface area contributed by atoms with E-state index in [0.717, 1.165) is 11.6 Å². The van der Waals surface area contributed by atoms with Gasteiger partial charge in [-0.25, -0.2) is 9.18 Å². The zero-order valence-corrected chi connectivity index (χ0v) is 13.4. The van der Waals surface area contributed by atoms with Crippen molar-refractivity contribution in [1.82, 2.24) is 5.32 Å². The van der Waals surface area contributed by atoms with Gasteiger partial charge in [0.05, 0.1) is 18.7 Å². The lowest BCUT2D eigenvalue weighted by atomic mass is 10.1. The molecule has 0 bridgehead atoms. The van der Waals surface area contributed by atoms with Crippen LogP contribution in [0.1, 0.15) is 28.9 Å². The summed E-state index contributed by atoms with van der Waals surface area (Å²) >= 11 is 0. The summed E-state index contributed by atoms with van der Waals surface area (Å²) < 4.78 is 23.5. The zero-order valence-electron chi connectivity index (χ0n) is 13.4. The lowest BCUT2D eigenvalue weighted by Gasteiger charge is -2.14. The maximum absolute atomic E-state index is 13.8. The predicted octanol–water partition coefficient (Wildman–Crippen LogP) is 2.87. The molecule has 0 aliphatic rings. The fourth-order valence-electron chi connectivity index (χ4n) is 2.11. The number of carbonyl (C=O) groups is 2. The average molecular weight is 331 g/mol. The summed E-state index contributed by atoms with van der Waals surface area (Å²) in [5, 5.41) is 2.71. The Balaban J connectivity index is 1.88. The second-order valence-corrected chi connectivity index (χ2v) is 5.12. The molecule has 1 amide bonds. The third-order valence-corrected chi connectivity index (χ3v) is 3.41. The number of halogens is 1. The number of hydrogen-bond donors (Lipinski definition) is 1. The highest BCUT2D eigenvalue weighted by atomic mass is 19.1. The Morgan fingerprint density at radius 2 is 1.88 bits per heavy atom. The number of methoxy groups -OCH3 is 1. The van der Waals surface area contributed by atoms with Crippen LogP contribution in [0, 0.1) is 5.82 Å². The molecule has 0 heterocycles. The molecule has 0 aliphatic heterocycles. The molecule has 0 unspecified atom stereocenters. The first kappa shape index (κ1) is 17.5. The highest BCUT2D eigenvalue weighted by molar-refractivity contribution is 5.91. The molecule has 1 atom stereocenters. The van der Waals surface area contributed by atoms with Gasteiger partial charge < -0.3 is 14.8 Å². The minimum Gasteiger partial charge on any atom is -0.497 e. The van der Waals surface area contributed by atoms with Crippen LogP contribution in [0.25, 0.3) is 0 Å². The summed E-state index contributed by atoms with van der Waals surface area (Å²) in [7, 11) is 1.39. The van der Waals surface area contributed by atoms with Gasteiger partial charge in [-0.15, -0.1) is 0 Å². The molecule has 0 aliphatic carbocycles. The van der Waals surface area contributed by atoms with E-state index in [2.05, 4.69) is 5.32 Å². The average Bonchev–Trinajstić information content (AvgIpc) is 2.60. The molecule has 6 heteroatoms.